The van der Waals surface area contributed by atoms with Crippen LogP contribution in [-0.2, 0) is 10.0 Å². The highest BCUT2D eigenvalue weighted by Gasteiger charge is 2.23. The highest BCUT2D eigenvalue weighted by atomic mass is 35.5. The summed E-state index contributed by atoms with van der Waals surface area (Å²) in [5.41, 5.74) is 0. The van der Waals surface area contributed by atoms with Crippen LogP contribution in [0.2, 0.25) is 0 Å². The third kappa shape index (κ3) is 6.72. The molecule has 7 heteroatoms. The molecule has 0 amide bonds. The van der Waals surface area contributed by atoms with Gasteiger partial charge in [0.2, 0.25) is 10.0 Å². The van der Waals surface area contributed by atoms with E-state index in [0.717, 1.165) is 32.0 Å². The highest BCUT2D eigenvalue weighted by molar-refractivity contribution is 7.88. The molecular formula is C13H28ClN3O2S. The predicted octanol–water partition coefficient (Wildman–Crippen LogP) is 0.669. The molecule has 2 heterocycles. The van der Waals surface area contributed by atoms with Crippen molar-refractivity contribution in [1.29, 1.82) is 0 Å². The average Bonchev–Trinajstić information content (AvgIpc) is 2.37. The fourth-order valence-electron chi connectivity index (χ4n) is 3.18. The van der Waals surface area contributed by atoms with Crippen LogP contribution < -0.4 is 10.0 Å². The van der Waals surface area contributed by atoms with Crippen LogP contribution >= 0.6 is 12.4 Å². The van der Waals surface area contributed by atoms with Crippen LogP contribution in [0.25, 0.3) is 0 Å². The number of rotatable bonds is 5. The summed E-state index contributed by atoms with van der Waals surface area (Å²) in [7, 11) is -3.04. The molecule has 0 aromatic rings. The van der Waals surface area contributed by atoms with Gasteiger partial charge in [0.25, 0.3) is 0 Å². The largest absolute Gasteiger partial charge is 0.317 e. The van der Waals surface area contributed by atoms with E-state index >= 15 is 0 Å². The minimum atomic E-state index is -3.04. The van der Waals surface area contributed by atoms with E-state index in [1.165, 1.54) is 38.6 Å². The summed E-state index contributed by atoms with van der Waals surface area (Å²) in [5.74, 6) is 1.30. The molecule has 2 N–H and O–H groups in total. The van der Waals surface area contributed by atoms with Gasteiger partial charge < -0.3 is 10.2 Å². The van der Waals surface area contributed by atoms with E-state index in [4.69, 9.17) is 0 Å². The monoisotopic (exact) mass is 325 g/mol. The zero-order valence-electron chi connectivity index (χ0n) is 12.3. The van der Waals surface area contributed by atoms with Gasteiger partial charge in [-0.3, -0.25) is 0 Å². The van der Waals surface area contributed by atoms with Crippen LogP contribution in [0.3, 0.4) is 0 Å². The Bertz CT molecular complexity index is 372. The second-order valence-electron chi connectivity index (χ2n) is 6.08. The lowest BCUT2D eigenvalue weighted by Gasteiger charge is -2.36. The molecule has 2 aliphatic heterocycles. The molecule has 5 nitrogen and oxygen atoms in total. The van der Waals surface area contributed by atoms with Crippen molar-refractivity contribution in [3.8, 4) is 0 Å². The van der Waals surface area contributed by atoms with Gasteiger partial charge >= 0.3 is 0 Å². The first-order valence-electron chi connectivity index (χ1n) is 7.40. The SMILES string of the molecule is CS(=O)(=O)NCC1CCCN(CC2CCNCC2)C1.Cl. The molecule has 1 unspecified atom stereocenters. The Balaban J connectivity index is 0.00000200. The van der Waals surface area contributed by atoms with Crippen molar-refractivity contribution in [3.63, 3.8) is 0 Å². The Morgan fingerprint density at radius 1 is 1.20 bits per heavy atom. The van der Waals surface area contributed by atoms with Gasteiger partial charge in [-0.05, 0) is 57.2 Å². The second kappa shape index (κ2) is 8.54. The van der Waals surface area contributed by atoms with Crippen LogP contribution in [0.15, 0.2) is 0 Å². The first kappa shape index (κ1) is 18.2. The van der Waals surface area contributed by atoms with Crippen molar-refractivity contribution in [1.82, 2.24) is 14.9 Å². The molecule has 0 saturated carbocycles. The van der Waals surface area contributed by atoms with Crippen molar-refractivity contribution in [2.45, 2.75) is 25.7 Å². The smallest absolute Gasteiger partial charge is 0.208 e. The Kier molecular flexibility index (Phi) is 7.75. The maximum Gasteiger partial charge on any atom is 0.208 e. The molecule has 0 aliphatic carbocycles. The zero-order valence-corrected chi connectivity index (χ0v) is 13.9. The fourth-order valence-corrected chi connectivity index (χ4v) is 3.72. The number of piperidine rings is 2. The third-order valence-electron chi connectivity index (χ3n) is 4.21. The topological polar surface area (TPSA) is 61.4 Å². The van der Waals surface area contributed by atoms with Crippen molar-refractivity contribution in [2.75, 3.05) is 45.5 Å². The van der Waals surface area contributed by atoms with E-state index in [1.807, 2.05) is 0 Å². The average molecular weight is 326 g/mol. The lowest BCUT2D eigenvalue weighted by molar-refractivity contribution is 0.141. The van der Waals surface area contributed by atoms with Gasteiger partial charge in [0.15, 0.2) is 0 Å². The van der Waals surface area contributed by atoms with Crippen molar-refractivity contribution in [3.05, 3.63) is 0 Å². The molecule has 0 radical (unpaired) electrons. The summed E-state index contributed by atoms with van der Waals surface area (Å²) in [5, 5.41) is 3.40. The fraction of sp³-hybridized carbons (Fsp3) is 1.00. The van der Waals surface area contributed by atoms with E-state index in [0.29, 0.717) is 12.5 Å². The minimum absolute atomic E-state index is 0. The number of hydrogen-bond donors (Lipinski definition) is 2. The normalized spacial score (nSPS) is 26.1. The van der Waals surface area contributed by atoms with Gasteiger partial charge in [0.05, 0.1) is 6.26 Å². The van der Waals surface area contributed by atoms with E-state index in [-0.39, 0.29) is 12.4 Å². The molecule has 0 aromatic heterocycles. The number of nitrogens with zero attached hydrogens (tertiary/aromatic N) is 1. The summed E-state index contributed by atoms with van der Waals surface area (Å²) >= 11 is 0. The number of halogens is 1. The maximum absolute atomic E-state index is 11.1. The van der Waals surface area contributed by atoms with Crippen LogP contribution in [-0.4, -0.2) is 58.8 Å². The Morgan fingerprint density at radius 2 is 1.90 bits per heavy atom. The zero-order chi connectivity index (χ0) is 13.7. The molecule has 2 fully saturated rings. The molecule has 2 rings (SSSR count). The Morgan fingerprint density at radius 3 is 2.55 bits per heavy atom. The second-order valence-corrected chi connectivity index (χ2v) is 7.91. The number of likely N-dealkylation sites (tertiary alicyclic amines) is 1. The van der Waals surface area contributed by atoms with Crippen molar-refractivity contribution >= 4 is 22.4 Å². The predicted molar refractivity (Wildman–Crippen MR) is 84.9 cm³/mol. The first-order chi connectivity index (χ1) is 9.03. The molecule has 0 aromatic carbocycles. The van der Waals surface area contributed by atoms with Gasteiger partial charge in [-0.2, -0.15) is 0 Å². The standard InChI is InChI=1S/C13H27N3O2S.ClH/c1-19(17,18)15-9-13-3-2-8-16(11-13)10-12-4-6-14-7-5-12;/h12-15H,2-11H2,1H3;1H. The molecule has 20 heavy (non-hydrogen) atoms. The first-order valence-corrected chi connectivity index (χ1v) is 9.30. The number of nitrogens with one attached hydrogen (secondary N) is 2. The summed E-state index contributed by atoms with van der Waals surface area (Å²) in [6.45, 7) is 6.32. The molecule has 0 bridgehead atoms. The third-order valence-corrected chi connectivity index (χ3v) is 4.90. The van der Waals surface area contributed by atoms with E-state index in [1.54, 1.807) is 0 Å². The lowest BCUT2D eigenvalue weighted by atomic mass is 9.94. The van der Waals surface area contributed by atoms with Gasteiger partial charge in [0, 0.05) is 19.6 Å². The molecule has 1 atom stereocenters. The number of sulfonamides is 1. The van der Waals surface area contributed by atoms with Crippen LogP contribution in [0.5, 0.6) is 0 Å². The quantitative estimate of drug-likeness (QED) is 0.780. The Labute approximate surface area is 129 Å². The maximum atomic E-state index is 11.1. The molecule has 0 spiro atoms. The van der Waals surface area contributed by atoms with Crippen LogP contribution in [0, 0.1) is 11.8 Å². The highest BCUT2D eigenvalue weighted by Crippen LogP contribution is 2.20. The lowest BCUT2D eigenvalue weighted by Crippen LogP contribution is -2.44. The van der Waals surface area contributed by atoms with Gasteiger partial charge in [-0.25, -0.2) is 13.1 Å². The summed E-state index contributed by atoms with van der Waals surface area (Å²) in [6.07, 6.45) is 6.14. The van der Waals surface area contributed by atoms with Gasteiger partial charge in [0.1, 0.15) is 0 Å². The summed E-state index contributed by atoms with van der Waals surface area (Å²) in [6, 6.07) is 0. The summed E-state index contributed by atoms with van der Waals surface area (Å²) in [4.78, 5) is 2.54. The molecule has 120 valence electrons. The van der Waals surface area contributed by atoms with Crippen molar-refractivity contribution in [2.24, 2.45) is 11.8 Å². The van der Waals surface area contributed by atoms with E-state index in [9.17, 15) is 8.42 Å². The Hall–Kier alpha value is 0.120. The van der Waals surface area contributed by atoms with Gasteiger partial charge in [-0.1, -0.05) is 0 Å². The van der Waals surface area contributed by atoms with Crippen molar-refractivity contribution < 1.29 is 8.42 Å². The van der Waals surface area contributed by atoms with E-state index in [2.05, 4.69) is 14.9 Å². The van der Waals surface area contributed by atoms with Gasteiger partial charge in [-0.15, -0.1) is 12.4 Å². The molecule has 2 saturated heterocycles. The van der Waals surface area contributed by atoms with E-state index < -0.39 is 10.0 Å². The summed E-state index contributed by atoms with van der Waals surface area (Å²) < 4.78 is 24.9. The molecule has 2 aliphatic rings. The molecular weight excluding hydrogens is 298 g/mol. The minimum Gasteiger partial charge on any atom is -0.317 e. The number of hydrogen-bond acceptors (Lipinski definition) is 4. The van der Waals surface area contributed by atoms with Crippen LogP contribution in [0.1, 0.15) is 25.7 Å². The van der Waals surface area contributed by atoms with Crippen LogP contribution in [0.4, 0.5) is 0 Å².